The molecule has 5 heteroatoms. The van der Waals surface area contributed by atoms with Crippen LogP contribution in [0.15, 0.2) is 24.3 Å². The summed E-state index contributed by atoms with van der Waals surface area (Å²) in [6.07, 6.45) is 3.10. The molecule has 0 aliphatic carbocycles. The van der Waals surface area contributed by atoms with Crippen molar-refractivity contribution in [1.29, 1.82) is 0 Å². The van der Waals surface area contributed by atoms with Crippen LogP contribution in [0.5, 0.6) is 0 Å². The number of amides is 1. The molecule has 2 rings (SSSR count). The summed E-state index contributed by atoms with van der Waals surface area (Å²) in [5.41, 5.74) is 1.19. The van der Waals surface area contributed by atoms with E-state index in [4.69, 9.17) is 9.84 Å². The predicted molar refractivity (Wildman–Crippen MR) is 78.3 cm³/mol. The van der Waals surface area contributed by atoms with E-state index < -0.39 is 5.97 Å². The number of carboxylic acid groups (broad SMARTS) is 1. The summed E-state index contributed by atoms with van der Waals surface area (Å²) in [4.78, 5) is 22.6. The number of carboxylic acids is 1. The van der Waals surface area contributed by atoms with Gasteiger partial charge in [0.25, 0.3) is 0 Å². The van der Waals surface area contributed by atoms with Crippen molar-refractivity contribution >= 4 is 11.9 Å². The molecule has 21 heavy (non-hydrogen) atoms. The van der Waals surface area contributed by atoms with E-state index in [0.717, 1.165) is 31.6 Å². The van der Waals surface area contributed by atoms with Crippen LogP contribution in [0.2, 0.25) is 0 Å². The monoisotopic (exact) mass is 291 g/mol. The van der Waals surface area contributed by atoms with Gasteiger partial charge in [-0.3, -0.25) is 4.79 Å². The first-order chi connectivity index (χ1) is 10.1. The molecule has 1 amide bonds. The van der Waals surface area contributed by atoms with E-state index in [2.05, 4.69) is 5.32 Å². The lowest BCUT2D eigenvalue weighted by molar-refractivity contribution is -0.121. The second-order valence-electron chi connectivity index (χ2n) is 5.37. The Kier molecular flexibility index (Phi) is 5.75. The number of nitrogens with one attached hydrogen (secondary N) is 1. The maximum Gasteiger partial charge on any atom is 0.335 e. The molecule has 0 saturated carbocycles. The second kappa shape index (κ2) is 7.78. The first-order valence-electron chi connectivity index (χ1n) is 7.32. The molecule has 1 aromatic carbocycles. The Hall–Kier alpha value is -1.88. The van der Waals surface area contributed by atoms with Crippen molar-refractivity contribution in [3.8, 4) is 0 Å². The van der Waals surface area contributed by atoms with Gasteiger partial charge in [0.05, 0.1) is 5.56 Å². The maximum atomic E-state index is 11.7. The zero-order valence-corrected chi connectivity index (χ0v) is 12.0. The lowest BCUT2D eigenvalue weighted by atomic mass is 10.0. The molecule has 1 saturated heterocycles. The minimum absolute atomic E-state index is 0.0521. The first kappa shape index (κ1) is 15.5. The van der Waals surface area contributed by atoms with Crippen LogP contribution in [0.25, 0.3) is 0 Å². The fourth-order valence-corrected chi connectivity index (χ4v) is 2.44. The van der Waals surface area contributed by atoms with Crippen molar-refractivity contribution in [1.82, 2.24) is 5.32 Å². The molecule has 1 fully saturated rings. The van der Waals surface area contributed by atoms with Gasteiger partial charge in [0.1, 0.15) is 0 Å². The third-order valence-corrected chi connectivity index (χ3v) is 3.71. The predicted octanol–water partition coefficient (Wildman–Crippen LogP) is 1.86. The Morgan fingerprint density at radius 3 is 2.95 bits per heavy atom. The number of hydrogen-bond acceptors (Lipinski definition) is 3. The SMILES string of the molecule is O=C(CCC1CCOC1)NCCc1cccc(C(=O)O)c1. The highest BCUT2D eigenvalue weighted by Crippen LogP contribution is 2.17. The van der Waals surface area contributed by atoms with Crippen LogP contribution in [0.4, 0.5) is 0 Å². The number of hydrogen-bond donors (Lipinski definition) is 2. The van der Waals surface area contributed by atoms with E-state index in [9.17, 15) is 9.59 Å². The van der Waals surface area contributed by atoms with Crippen LogP contribution in [0, 0.1) is 5.92 Å². The van der Waals surface area contributed by atoms with Crippen molar-refractivity contribution in [2.45, 2.75) is 25.7 Å². The molecule has 0 aromatic heterocycles. The summed E-state index contributed by atoms with van der Waals surface area (Å²) in [5, 5.41) is 11.8. The number of rotatable bonds is 7. The minimum Gasteiger partial charge on any atom is -0.478 e. The van der Waals surface area contributed by atoms with Crippen LogP contribution in [-0.2, 0) is 16.0 Å². The fraction of sp³-hybridized carbons (Fsp3) is 0.500. The van der Waals surface area contributed by atoms with Crippen LogP contribution in [0.3, 0.4) is 0 Å². The zero-order valence-electron chi connectivity index (χ0n) is 12.0. The molecule has 1 unspecified atom stereocenters. The fourth-order valence-electron chi connectivity index (χ4n) is 2.44. The van der Waals surface area contributed by atoms with Gasteiger partial charge in [0.15, 0.2) is 0 Å². The Labute approximate surface area is 124 Å². The largest absolute Gasteiger partial charge is 0.478 e. The molecule has 1 atom stereocenters. The van der Waals surface area contributed by atoms with Crippen molar-refractivity contribution < 1.29 is 19.4 Å². The standard InChI is InChI=1S/C16H21NO4/c18-15(5-4-13-7-9-21-11-13)17-8-6-12-2-1-3-14(10-12)16(19)20/h1-3,10,13H,4-9,11H2,(H,17,18)(H,19,20). The van der Waals surface area contributed by atoms with Crippen LogP contribution >= 0.6 is 0 Å². The molecule has 1 aromatic rings. The molecular formula is C16H21NO4. The van der Waals surface area contributed by atoms with Gasteiger partial charge in [-0.15, -0.1) is 0 Å². The Balaban J connectivity index is 1.67. The topological polar surface area (TPSA) is 75.6 Å². The van der Waals surface area contributed by atoms with Crippen molar-refractivity contribution in [2.75, 3.05) is 19.8 Å². The van der Waals surface area contributed by atoms with Crippen molar-refractivity contribution in [3.05, 3.63) is 35.4 Å². The van der Waals surface area contributed by atoms with Gasteiger partial charge in [-0.2, -0.15) is 0 Å². The van der Waals surface area contributed by atoms with E-state index >= 15 is 0 Å². The van der Waals surface area contributed by atoms with Gasteiger partial charge in [0, 0.05) is 26.2 Å². The van der Waals surface area contributed by atoms with Crippen LogP contribution in [0.1, 0.15) is 35.2 Å². The van der Waals surface area contributed by atoms with E-state index in [-0.39, 0.29) is 11.5 Å². The number of aromatic carboxylic acids is 1. The lowest BCUT2D eigenvalue weighted by Gasteiger charge is -2.08. The van der Waals surface area contributed by atoms with E-state index in [1.807, 2.05) is 6.07 Å². The summed E-state index contributed by atoms with van der Waals surface area (Å²) in [5.74, 6) is -0.362. The van der Waals surface area contributed by atoms with Crippen molar-refractivity contribution in [3.63, 3.8) is 0 Å². The highest BCUT2D eigenvalue weighted by atomic mass is 16.5. The summed E-state index contributed by atoms with van der Waals surface area (Å²) < 4.78 is 5.28. The third-order valence-electron chi connectivity index (χ3n) is 3.71. The highest BCUT2D eigenvalue weighted by Gasteiger charge is 2.16. The Bertz CT molecular complexity index is 495. The van der Waals surface area contributed by atoms with Crippen molar-refractivity contribution in [2.24, 2.45) is 5.92 Å². The summed E-state index contributed by atoms with van der Waals surface area (Å²) >= 11 is 0. The maximum absolute atomic E-state index is 11.7. The van der Waals surface area contributed by atoms with Gasteiger partial charge < -0.3 is 15.2 Å². The number of ether oxygens (including phenoxy) is 1. The van der Waals surface area contributed by atoms with Gasteiger partial charge >= 0.3 is 5.97 Å². The van der Waals surface area contributed by atoms with Gasteiger partial charge in [0.2, 0.25) is 5.91 Å². The van der Waals surface area contributed by atoms with E-state index in [0.29, 0.717) is 25.3 Å². The number of benzene rings is 1. The normalized spacial score (nSPS) is 17.6. The molecule has 0 bridgehead atoms. The molecule has 1 aliphatic heterocycles. The van der Waals surface area contributed by atoms with Crippen LogP contribution < -0.4 is 5.32 Å². The molecular weight excluding hydrogens is 270 g/mol. The van der Waals surface area contributed by atoms with Crippen LogP contribution in [-0.4, -0.2) is 36.7 Å². The smallest absolute Gasteiger partial charge is 0.335 e. The second-order valence-corrected chi connectivity index (χ2v) is 5.37. The van der Waals surface area contributed by atoms with Gasteiger partial charge in [-0.05, 0) is 42.9 Å². The average molecular weight is 291 g/mol. The first-order valence-corrected chi connectivity index (χ1v) is 7.32. The Morgan fingerprint density at radius 2 is 2.24 bits per heavy atom. The zero-order chi connectivity index (χ0) is 15.1. The quantitative estimate of drug-likeness (QED) is 0.804. The molecule has 1 heterocycles. The molecule has 1 aliphatic rings. The van der Waals surface area contributed by atoms with Gasteiger partial charge in [-0.1, -0.05) is 12.1 Å². The number of carbonyl (C=O) groups is 2. The van der Waals surface area contributed by atoms with Gasteiger partial charge in [-0.25, -0.2) is 4.79 Å². The van der Waals surface area contributed by atoms with E-state index in [1.54, 1.807) is 18.2 Å². The average Bonchev–Trinajstić information content (AvgIpc) is 2.99. The number of carbonyl (C=O) groups excluding carboxylic acids is 1. The summed E-state index contributed by atoms with van der Waals surface area (Å²) in [7, 11) is 0. The lowest BCUT2D eigenvalue weighted by Crippen LogP contribution is -2.26. The minimum atomic E-state index is -0.931. The molecule has 0 radical (unpaired) electrons. The summed E-state index contributed by atoms with van der Waals surface area (Å²) in [6, 6.07) is 6.80. The third kappa shape index (κ3) is 5.19. The molecule has 2 N–H and O–H groups in total. The Morgan fingerprint density at radius 1 is 1.38 bits per heavy atom. The summed E-state index contributed by atoms with van der Waals surface area (Å²) in [6.45, 7) is 2.12. The molecule has 5 nitrogen and oxygen atoms in total. The molecule has 114 valence electrons. The molecule has 0 spiro atoms. The highest BCUT2D eigenvalue weighted by molar-refractivity contribution is 5.87. The van der Waals surface area contributed by atoms with E-state index in [1.165, 1.54) is 0 Å².